The van der Waals surface area contributed by atoms with Gasteiger partial charge < -0.3 is 4.52 Å². The van der Waals surface area contributed by atoms with Gasteiger partial charge in [-0.2, -0.15) is 0 Å². The molecule has 16 heavy (non-hydrogen) atoms. The van der Waals surface area contributed by atoms with E-state index in [2.05, 4.69) is 10.5 Å². The van der Waals surface area contributed by atoms with E-state index < -0.39 is 0 Å². The van der Waals surface area contributed by atoms with Crippen LogP contribution in [0.2, 0.25) is 0 Å². The molecular formula is C11H17ClN2O2. The van der Waals surface area contributed by atoms with Crippen molar-refractivity contribution in [3.8, 4) is 0 Å². The molecule has 0 radical (unpaired) electrons. The third-order valence-corrected chi connectivity index (χ3v) is 2.35. The van der Waals surface area contributed by atoms with Crippen molar-refractivity contribution < 1.29 is 9.32 Å². The predicted molar refractivity (Wildman–Crippen MR) is 63.8 cm³/mol. The third-order valence-electron chi connectivity index (χ3n) is 2.08. The third kappa shape index (κ3) is 3.85. The molecule has 0 aliphatic carbocycles. The first-order chi connectivity index (χ1) is 7.43. The van der Waals surface area contributed by atoms with Crippen LogP contribution in [0.15, 0.2) is 10.6 Å². The monoisotopic (exact) mass is 244 g/mol. The van der Waals surface area contributed by atoms with Crippen LogP contribution in [-0.4, -0.2) is 16.9 Å². The summed E-state index contributed by atoms with van der Waals surface area (Å²) in [6.45, 7) is 6.10. The lowest BCUT2D eigenvalue weighted by molar-refractivity contribution is -0.116. The lowest BCUT2D eigenvalue weighted by Crippen LogP contribution is -2.12. The van der Waals surface area contributed by atoms with Crippen molar-refractivity contribution in [3.05, 3.63) is 11.8 Å². The minimum absolute atomic E-state index is 0.0807. The number of amides is 1. The average molecular weight is 245 g/mol. The zero-order valence-electron chi connectivity index (χ0n) is 9.84. The molecule has 4 nitrogen and oxygen atoms in total. The molecule has 0 aromatic carbocycles. The summed E-state index contributed by atoms with van der Waals surface area (Å²) in [5.41, 5.74) is 0.739. The second-order valence-electron chi connectivity index (χ2n) is 4.67. The van der Waals surface area contributed by atoms with Crippen LogP contribution in [0, 0.1) is 0 Å². The highest BCUT2D eigenvalue weighted by Gasteiger charge is 2.19. The molecule has 90 valence electrons. The topological polar surface area (TPSA) is 55.1 Å². The van der Waals surface area contributed by atoms with Gasteiger partial charge in [0.25, 0.3) is 0 Å². The van der Waals surface area contributed by atoms with Gasteiger partial charge in [-0.25, -0.2) is 0 Å². The van der Waals surface area contributed by atoms with Gasteiger partial charge in [-0.3, -0.25) is 10.1 Å². The molecule has 0 aliphatic heterocycles. The Morgan fingerprint density at radius 1 is 1.56 bits per heavy atom. The van der Waals surface area contributed by atoms with Gasteiger partial charge in [0.1, 0.15) is 0 Å². The number of anilines is 1. The quantitative estimate of drug-likeness (QED) is 0.829. The van der Waals surface area contributed by atoms with Crippen molar-refractivity contribution in [2.24, 2.45) is 0 Å². The number of hydrogen-bond acceptors (Lipinski definition) is 3. The van der Waals surface area contributed by atoms with Crippen molar-refractivity contribution in [2.45, 2.75) is 39.0 Å². The Balaban J connectivity index is 2.56. The van der Waals surface area contributed by atoms with E-state index in [1.165, 1.54) is 0 Å². The number of hydrogen-bond donors (Lipinski definition) is 1. The fraction of sp³-hybridized carbons (Fsp3) is 0.636. The molecule has 0 atom stereocenters. The van der Waals surface area contributed by atoms with Crippen molar-refractivity contribution >= 4 is 23.4 Å². The van der Waals surface area contributed by atoms with Crippen LogP contribution in [0.3, 0.4) is 0 Å². The second-order valence-corrected chi connectivity index (χ2v) is 5.05. The molecule has 5 heteroatoms. The van der Waals surface area contributed by atoms with Crippen LogP contribution in [0.5, 0.6) is 0 Å². The Bertz CT molecular complexity index is 355. The largest absolute Gasteiger partial charge is 0.338 e. The Kier molecular flexibility index (Phi) is 4.35. The smallest absolute Gasteiger partial charge is 0.231 e. The molecule has 0 fully saturated rings. The summed E-state index contributed by atoms with van der Waals surface area (Å²) in [6, 6.07) is 1.75. The van der Waals surface area contributed by atoms with Gasteiger partial charge in [0.05, 0.1) is 5.69 Å². The molecule has 1 amide bonds. The van der Waals surface area contributed by atoms with E-state index in [0.717, 1.165) is 5.69 Å². The number of carbonyl (C=O) groups is 1. The lowest BCUT2D eigenvalue weighted by Gasteiger charge is -2.12. The molecule has 1 rings (SSSR count). The van der Waals surface area contributed by atoms with E-state index in [1.54, 1.807) is 6.07 Å². The Morgan fingerprint density at radius 2 is 2.25 bits per heavy atom. The first-order valence-corrected chi connectivity index (χ1v) is 5.80. The maximum atomic E-state index is 11.4. The Hall–Kier alpha value is -1.03. The highest BCUT2D eigenvalue weighted by Crippen LogP contribution is 2.23. The number of aromatic nitrogens is 1. The summed E-state index contributed by atoms with van der Waals surface area (Å²) < 4.78 is 5.03. The molecule has 1 N–H and O–H groups in total. The number of alkyl halides is 1. The van der Waals surface area contributed by atoms with Crippen LogP contribution >= 0.6 is 11.6 Å². The van der Waals surface area contributed by atoms with E-state index in [1.807, 2.05) is 20.8 Å². The lowest BCUT2D eigenvalue weighted by atomic mass is 9.92. The number of halogens is 1. The van der Waals surface area contributed by atoms with Crippen molar-refractivity contribution in [1.29, 1.82) is 0 Å². The summed E-state index contributed by atoms with van der Waals surface area (Å²) in [6.07, 6.45) is 1.06. The van der Waals surface area contributed by atoms with Crippen molar-refractivity contribution in [2.75, 3.05) is 11.2 Å². The summed E-state index contributed by atoms with van der Waals surface area (Å²) in [5, 5.41) is 6.55. The summed E-state index contributed by atoms with van der Waals surface area (Å²) in [5.74, 6) is 0.776. The summed E-state index contributed by atoms with van der Waals surface area (Å²) in [4.78, 5) is 11.4. The molecule has 0 unspecified atom stereocenters. The number of carbonyl (C=O) groups excluding carboxylic acids is 1. The normalized spacial score (nSPS) is 11.5. The van der Waals surface area contributed by atoms with Crippen molar-refractivity contribution in [1.82, 2.24) is 5.16 Å². The molecule has 0 saturated heterocycles. The summed E-state index contributed by atoms with van der Waals surface area (Å²) in [7, 11) is 0. The molecule has 0 spiro atoms. The number of nitrogens with one attached hydrogen (secondary N) is 1. The van der Waals surface area contributed by atoms with E-state index in [0.29, 0.717) is 24.6 Å². The van der Waals surface area contributed by atoms with Crippen molar-refractivity contribution in [3.63, 3.8) is 0 Å². The molecule has 1 heterocycles. The minimum Gasteiger partial charge on any atom is -0.338 e. The van der Waals surface area contributed by atoms with Gasteiger partial charge in [0, 0.05) is 23.8 Å². The zero-order chi connectivity index (χ0) is 12.2. The number of rotatable bonds is 4. The Morgan fingerprint density at radius 3 is 2.75 bits per heavy atom. The molecule has 1 aromatic heterocycles. The van der Waals surface area contributed by atoms with Gasteiger partial charge in [-0.05, 0) is 6.42 Å². The van der Waals surface area contributed by atoms with E-state index >= 15 is 0 Å². The molecule has 0 saturated carbocycles. The highest BCUT2D eigenvalue weighted by molar-refractivity contribution is 6.18. The van der Waals surface area contributed by atoms with Crippen LogP contribution in [0.4, 0.5) is 5.88 Å². The standard InChI is InChI=1S/C11H17ClN2O2/c1-11(2,3)8-7-10(16-14-8)13-9(15)5-4-6-12/h7H,4-6H2,1-3H3,(H,13,15). The van der Waals surface area contributed by atoms with Gasteiger partial charge in [-0.15, -0.1) is 11.6 Å². The predicted octanol–water partition coefficient (Wildman–Crippen LogP) is 2.93. The van der Waals surface area contributed by atoms with E-state index in [-0.39, 0.29) is 11.3 Å². The van der Waals surface area contributed by atoms with Gasteiger partial charge in [-0.1, -0.05) is 25.9 Å². The van der Waals surface area contributed by atoms with E-state index in [4.69, 9.17) is 16.1 Å². The summed E-state index contributed by atoms with van der Waals surface area (Å²) >= 11 is 5.50. The van der Waals surface area contributed by atoms with Crippen LogP contribution < -0.4 is 5.32 Å². The SMILES string of the molecule is CC(C)(C)c1cc(NC(=O)CCCCl)on1. The average Bonchev–Trinajstić information content (AvgIpc) is 2.62. The fourth-order valence-electron chi connectivity index (χ4n) is 1.11. The van der Waals surface area contributed by atoms with E-state index in [9.17, 15) is 4.79 Å². The maximum absolute atomic E-state index is 11.4. The highest BCUT2D eigenvalue weighted by atomic mass is 35.5. The molecular weight excluding hydrogens is 228 g/mol. The second kappa shape index (κ2) is 5.34. The van der Waals surface area contributed by atoms with Gasteiger partial charge in [0.2, 0.25) is 11.8 Å². The minimum atomic E-state index is -0.0998. The first kappa shape index (κ1) is 13.0. The maximum Gasteiger partial charge on any atom is 0.231 e. The van der Waals surface area contributed by atoms with Crippen LogP contribution in [0.1, 0.15) is 39.3 Å². The molecule has 1 aromatic rings. The van der Waals surface area contributed by atoms with Gasteiger partial charge >= 0.3 is 0 Å². The first-order valence-electron chi connectivity index (χ1n) is 5.26. The van der Waals surface area contributed by atoms with Crippen LogP contribution in [-0.2, 0) is 10.2 Å². The fourth-order valence-corrected chi connectivity index (χ4v) is 1.25. The van der Waals surface area contributed by atoms with Gasteiger partial charge in [0.15, 0.2) is 0 Å². The van der Waals surface area contributed by atoms with Crippen LogP contribution in [0.25, 0.3) is 0 Å². The molecule has 0 aliphatic rings. The Labute approximate surface area is 100 Å². The molecule has 0 bridgehead atoms. The number of nitrogens with zero attached hydrogens (tertiary/aromatic N) is 1. The zero-order valence-corrected chi connectivity index (χ0v) is 10.6.